The molecule has 4 aromatic rings. The first-order valence-electron chi connectivity index (χ1n) is 12.3. The molecule has 0 radical (unpaired) electrons. The Balaban J connectivity index is 1.43. The van der Waals surface area contributed by atoms with Gasteiger partial charge in [-0.05, 0) is 55.0 Å². The number of para-hydroxylation sites is 2. The lowest BCUT2D eigenvalue weighted by atomic mass is 9.82. The molecule has 188 valence electrons. The number of ether oxygens (including phenoxy) is 2. The normalized spacial score (nSPS) is 14.4. The van der Waals surface area contributed by atoms with Gasteiger partial charge in [0.25, 0.3) is 0 Å². The lowest BCUT2D eigenvalue weighted by Crippen LogP contribution is -2.39. The van der Waals surface area contributed by atoms with Gasteiger partial charge in [-0.2, -0.15) is 0 Å². The first kappa shape index (κ1) is 24.2. The summed E-state index contributed by atoms with van der Waals surface area (Å²) in [5.41, 5.74) is 3.08. The van der Waals surface area contributed by atoms with E-state index >= 15 is 0 Å². The number of hydrogen-bond acceptors (Lipinski definition) is 4. The number of rotatable bonds is 5. The van der Waals surface area contributed by atoms with Gasteiger partial charge in [-0.25, -0.2) is 9.59 Å². The van der Waals surface area contributed by atoms with Gasteiger partial charge in [0.05, 0.1) is 17.9 Å². The number of nitrogens with one attached hydrogen (secondary N) is 2. The minimum absolute atomic E-state index is 0.235. The van der Waals surface area contributed by atoms with E-state index < -0.39 is 11.4 Å². The number of benzene rings is 3. The molecule has 1 aliphatic rings. The van der Waals surface area contributed by atoms with Crippen LogP contribution in [0.25, 0.3) is 16.5 Å². The predicted molar refractivity (Wildman–Crippen MR) is 145 cm³/mol. The smallest absolute Gasteiger partial charge is 0.341 e. The van der Waals surface area contributed by atoms with Crippen molar-refractivity contribution in [2.24, 2.45) is 0 Å². The molecule has 1 aromatic heterocycles. The Morgan fingerprint density at radius 2 is 1.62 bits per heavy atom. The van der Waals surface area contributed by atoms with E-state index in [1.165, 1.54) is 0 Å². The SMILES string of the molecule is CCOC(=O)C1=CN(C(=O)Nc2ccc(Oc3ccccc3)cc2)CC(C)(C)c2c1[nH]c1ccccc21. The van der Waals surface area contributed by atoms with Gasteiger partial charge in [-0.15, -0.1) is 0 Å². The number of carbonyl (C=O) groups excluding carboxylic acids is 2. The standard InChI is InChI=1S/C30H29N3O4/c1-4-36-28(34)24-18-33(19-30(2,3)26-23-12-8-9-13-25(23)32-27(24)26)29(35)31-20-14-16-22(17-15-20)37-21-10-6-5-7-11-21/h5-18,32H,4,19H2,1-3H3,(H,31,35). The van der Waals surface area contributed by atoms with Crippen LogP contribution in [0.15, 0.2) is 85.1 Å². The van der Waals surface area contributed by atoms with Crippen LogP contribution < -0.4 is 10.1 Å². The molecule has 0 aliphatic carbocycles. The van der Waals surface area contributed by atoms with E-state index in [2.05, 4.69) is 24.1 Å². The highest BCUT2D eigenvalue weighted by molar-refractivity contribution is 6.18. The molecule has 0 unspecified atom stereocenters. The van der Waals surface area contributed by atoms with Crippen LogP contribution >= 0.6 is 0 Å². The average molecular weight is 496 g/mol. The molecule has 2 amide bonds. The van der Waals surface area contributed by atoms with Crippen LogP contribution in [0.3, 0.4) is 0 Å². The second kappa shape index (κ2) is 9.85. The van der Waals surface area contributed by atoms with E-state index in [1.807, 2.05) is 54.6 Å². The number of aromatic amines is 1. The van der Waals surface area contributed by atoms with E-state index in [0.717, 1.165) is 22.2 Å². The second-order valence-corrected chi connectivity index (χ2v) is 9.57. The van der Waals surface area contributed by atoms with E-state index in [-0.39, 0.29) is 12.6 Å². The molecule has 0 spiro atoms. The van der Waals surface area contributed by atoms with Crippen molar-refractivity contribution in [3.05, 3.63) is 96.3 Å². The Labute approximate surface area is 215 Å². The third kappa shape index (κ3) is 4.93. The van der Waals surface area contributed by atoms with Crippen molar-refractivity contribution in [1.29, 1.82) is 0 Å². The van der Waals surface area contributed by atoms with Crippen LogP contribution in [-0.2, 0) is 14.9 Å². The van der Waals surface area contributed by atoms with Crippen molar-refractivity contribution in [3.63, 3.8) is 0 Å². The molecule has 2 N–H and O–H groups in total. The van der Waals surface area contributed by atoms with Crippen molar-refractivity contribution < 1.29 is 19.1 Å². The van der Waals surface area contributed by atoms with Gasteiger partial charge in [0, 0.05) is 34.8 Å². The summed E-state index contributed by atoms with van der Waals surface area (Å²) in [7, 11) is 0. The van der Waals surface area contributed by atoms with Gasteiger partial charge in [0.15, 0.2) is 0 Å². The quantitative estimate of drug-likeness (QED) is 0.302. The molecule has 0 saturated carbocycles. The minimum Gasteiger partial charge on any atom is -0.462 e. The Hall–Kier alpha value is -4.52. The molecular weight excluding hydrogens is 466 g/mol. The average Bonchev–Trinajstić information content (AvgIpc) is 3.23. The lowest BCUT2D eigenvalue weighted by molar-refractivity contribution is -0.136. The first-order chi connectivity index (χ1) is 17.9. The zero-order chi connectivity index (χ0) is 26.0. The molecule has 0 saturated heterocycles. The Kier molecular flexibility index (Phi) is 6.44. The summed E-state index contributed by atoms with van der Waals surface area (Å²) >= 11 is 0. The number of H-pyrrole nitrogens is 1. The van der Waals surface area contributed by atoms with Crippen molar-refractivity contribution >= 4 is 34.2 Å². The van der Waals surface area contributed by atoms with Crippen molar-refractivity contribution in [2.75, 3.05) is 18.5 Å². The molecule has 5 rings (SSSR count). The predicted octanol–water partition coefficient (Wildman–Crippen LogP) is 6.69. The fraction of sp³-hybridized carbons (Fsp3) is 0.200. The van der Waals surface area contributed by atoms with Gasteiger partial charge >= 0.3 is 12.0 Å². The Morgan fingerprint density at radius 3 is 2.35 bits per heavy atom. The summed E-state index contributed by atoms with van der Waals surface area (Å²) in [6.07, 6.45) is 1.59. The molecule has 7 nitrogen and oxygen atoms in total. The second-order valence-electron chi connectivity index (χ2n) is 9.57. The zero-order valence-corrected chi connectivity index (χ0v) is 21.1. The molecular formula is C30H29N3O4. The topological polar surface area (TPSA) is 83.7 Å². The summed E-state index contributed by atoms with van der Waals surface area (Å²) < 4.78 is 11.2. The number of anilines is 1. The summed E-state index contributed by atoms with van der Waals surface area (Å²) in [5.74, 6) is 0.918. The number of esters is 1. The summed E-state index contributed by atoms with van der Waals surface area (Å²) in [5, 5.41) is 3.96. The van der Waals surface area contributed by atoms with Gasteiger partial charge in [0.2, 0.25) is 0 Å². The number of urea groups is 1. The number of carbonyl (C=O) groups is 2. The highest BCUT2D eigenvalue weighted by Crippen LogP contribution is 2.40. The molecule has 0 bridgehead atoms. The van der Waals surface area contributed by atoms with Crippen LogP contribution in [0.2, 0.25) is 0 Å². The molecule has 0 fully saturated rings. The number of aromatic nitrogens is 1. The lowest BCUT2D eigenvalue weighted by Gasteiger charge is -2.29. The highest BCUT2D eigenvalue weighted by Gasteiger charge is 2.37. The van der Waals surface area contributed by atoms with E-state index in [9.17, 15) is 9.59 Å². The maximum absolute atomic E-state index is 13.4. The third-order valence-electron chi connectivity index (χ3n) is 6.34. The number of nitrogens with zero attached hydrogens (tertiary/aromatic N) is 1. The van der Waals surface area contributed by atoms with Gasteiger partial charge in [-0.3, -0.25) is 4.90 Å². The first-order valence-corrected chi connectivity index (χ1v) is 12.3. The molecule has 0 atom stereocenters. The van der Waals surface area contributed by atoms with Crippen LogP contribution in [0, 0.1) is 0 Å². The maximum Gasteiger partial charge on any atom is 0.341 e. The summed E-state index contributed by atoms with van der Waals surface area (Å²) in [6, 6.07) is 24.3. The third-order valence-corrected chi connectivity index (χ3v) is 6.34. The van der Waals surface area contributed by atoms with Gasteiger partial charge < -0.3 is 19.8 Å². The molecule has 37 heavy (non-hydrogen) atoms. The molecule has 1 aliphatic heterocycles. The van der Waals surface area contributed by atoms with Crippen LogP contribution in [0.5, 0.6) is 11.5 Å². The Morgan fingerprint density at radius 1 is 0.946 bits per heavy atom. The zero-order valence-electron chi connectivity index (χ0n) is 21.1. The molecule has 7 heteroatoms. The van der Waals surface area contributed by atoms with Crippen molar-refractivity contribution in [2.45, 2.75) is 26.2 Å². The van der Waals surface area contributed by atoms with Crippen LogP contribution in [0.4, 0.5) is 10.5 Å². The number of fused-ring (bicyclic) bond motifs is 3. The summed E-state index contributed by atoms with van der Waals surface area (Å²) in [6.45, 7) is 6.51. The fourth-order valence-electron chi connectivity index (χ4n) is 4.74. The van der Waals surface area contributed by atoms with Crippen molar-refractivity contribution in [1.82, 2.24) is 9.88 Å². The fourth-order valence-corrected chi connectivity index (χ4v) is 4.74. The van der Waals surface area contributed by atoms with E-state index in [4.69, 9.17) is 9.47 Å². The molecule has 3 aromatic carbocycles. The monoisotopic (exact) mass is 495 g/mol. The highest BCUT2D eigenvalue weighted by atomic mass is 16.5. The largest absolute Gasteiger partial charge is 0.462 e. The van der Waals surface area contributed by atoms with Crippen LogP contribution in [-0.4, -0.2) is 35.0 Å². The number of amides is 2. The maximum atomic E-state index is 13.4. The van der Waals surface area contributed by atoms with Gasteiger partial charge in [-0.1, -0.05) is 50.2 Å². The van der Waals surface area contributed by atoms with Crippen LogP contribution in [0.1, 0.15) is 32.0 Å². The van der Waals surface area contributed by atoms with E-state index in [1.54, 1.807) is 42.3 Å². The molecule has 2 heterocycles. The van der Waals surface area contributed by atoms with Gasteiger partial charge in [0.1, 0.15) is 11.5 Å². The summed E-state index contributed by atoms with van der Waals surface area (Å²) in [4.78, 5) is 31.4. The van der Waals surface area contributed by atoms with E-state index in [0.29, 0.717) is 29.2 Å². The Bertz CT molecular complexity index is 1470. The minimum atomic E-state index is -0.479. The number of hydrogen-bond donors (Lipinski definition) is 2. The van der Waals surface area contributed by atoms with Crippen molar-refractivity contribution in [3.8, 4) is 11.5 Å².